The fourth-order valence-corrected chi connectivity index (χ4v) is 5.32. The number of fused-ring (bicyclic) bond motifs is 1. The summed E-state index contributed by atoms with van der Waals surface area (Å²) in [5.41, 5.74) is 0.413. The number of nitrogens with one attached hydrogen (secondary N) is 1. The number of pyridine rings is 1. The van der Waals surface area contributed by atoms with Gasteiger partial charge >= 0.3 is 0 Å². The number of halogens is 1. The highest BCUT2D eigenvalue weighted by molar-refractivity contribution is 7.92. The lowest BCUT2D eigenvalue weighted by molar-refractivity contribution is 0.0725. The Balaban J connectivity index is 1.72. The average molecular weight is 437 g/mol. The van der Waals surface area contributed by atoms with Gasteiger partial charge in [0.2, 0.25) is 0 Å². The van der Waals surface area contributed by atoms with Crippen molar-refractivity contribution >= 4 is 54.8 Å². The van der Waals surface area contributed by atoms with Crippen molar-refractivity contribution in [3.63, 3.8) is 0 Å². The SMILES string of the molecule is O=C(c1ccc(Cl)cc1NS(=O)(=O)c1nccc2sncc12)N1CCCCC1. The van der Waals surface area contributed by atoms with Gasteiger partial charge < -0.3 is 4.90 Å². The number of carbonyl (C=O) groups excluding carboxylic acids is 1. The standard InChI is InChI=1S/C18H17ClN4O3S2/c19-12-4-5-13(18(24)23-8-2-1-3-9-23)15(10-12)22-28(25,26)17-14-11-21-27-16(14)6-7-20-17/h4-7,10-11,22H,1-3,8-9H2. The third-order valence-corrected chi connectivity index (χ3v) is 6.92. The van der Waals surface area contributed by atoms with E-state index in [1.807, 2.05) is 0 Å². The van der Waals surface area contributed by atoms with Crippen LogP contribution in [0.25, 0.3) is 10.1 Å². The fraction of sp³-hybridized carbons (Fsp3) is 0.278. The van der Waals surface area contributed by atoms with Gasteiger partial charge in [0.05, 0.1) is 27.5 Å². The normalized spacial score (nSPS) is 15.0. The lowest BCUT2D eigenvalue weighted by atomic mass is 10.1. The summed E-state index contributed by atoms with van der Waals surface area (Å²) >= 11 is 7.27. The second-order valence-electron chi connectivity index (χ2n) is 6.50. The van der Waals surface area contributed by atoms with Crippen molar-refractivity contribution in [3.8, 4) is 0 Å². The topological polar surface area (TPSA) is 92.3 Å². The third kappa shape index (κ3) is 3.69. The van der Waals surface area contributed by atoms with Crippen LogP contribution in [0.15, 0.2) is 41.7 Å². The van der Waals surface area contributed by atoms with Crippen molar-refractivity contribution in [2.24, 2.45) is 0 Å². The molecule has 1 amide bonds. The van der Waals surface area contributed by atoms with Crippen molar-refractivity contribution in [2.75, 3.05) is 17.8 Å². The summed E-state index contributed by atoms with van der Waals surface area (Å²) in [6.45, 7) is 1.32. The number of benzene rings is 1. The number of hydrogen-bond acceptors (Lipinski definition) is 6. The molecule has 2 aromatic heterocycles. The van der Waals surface area contributed by atoms with Gasteiger partial charge in [0.15, 0.2) is 5.03 Å². The second kappa shape index (κ2) is 7.65. The Morgan fingerprint density at radius 1 is 1.18 bits per heavy atom. The first-order chi connectivity index (χ1) is 13.5. The zero-order chi connectivity index (χ0) is 19.7. The van der Waals surface area contributed by atoms with E-state index in [0.717, 1.165) is 19.3 Å². The van der Waals surface area contributed by atoms with Gasteiger partial charge in [-0.25, -0.2) is 4.98 Å². The van der Waals surface area contributed by atoms with Crippen molar-refractivity contribution in [1.29, 1.82) is 0 Å². The maximum Gasteiger partial charge on any atom is 0.280 e. The van der Waals surface area contributed by atoms with Crippen molar-refractivity contribution < 1.29 is 13.2 Å². The number of sulfonamides is 1. The predicted molar refractivity (Wildman–Crippen MR) is 109 cm³/mol. The average Bonchev–Trinajstić information content (AvgIpc) is 3.16. The molecule has 1 fully saturated rings. The number of hydrogen-bond donors (Lipinski definition) is 1. The zero-order valence-electron chi connectivity index (χ0n) is 14.8. The van der Waals surface area contributed by atoms with Gasteiger partial charge in [-0.3, -0.25) is 9.52 Å². The molecular formula is C18H17ClN4O3S2. The molecule has 7 nitrogen and oxygen atoms in total. The molecule has 1 aliphatic heterocycles. The highest BCUT2D eigenvalue weighted by Crippen LogP contribution is 2.29. The van der Waals surface area contributed by atoms with Crippen molar-refractivity contribution in [3.05, 3.63) is 47.2 Å². The molecular weight excluding hydrogens is 420 g/mol. The van der Waals surface area contributed by atoms with Gasteiger partial charge in [-0.1, -0.05) is 11.6 Å². The van der Waals surface area contributed by atoms with Gasteiger partial charge in [-0.05, 0) is 55.1 Å². The van der Waals surface area contributed by atoms with Crippen LogP contribution in [0.1, 0.15) is 29.6 Å². The van der Waals surface area contributed by atoms with E-state index in [1.54, 1.807) is 23.1 Å². The van der Waals surface area contributed by atoms with Crippen molar-refractivity contribution in [1.82, 2.24) is 14.3 Å². The van der Waals surface area contributed by atoms with E-state index in [1.165, 1.54) is 30.0 Å². The van der Waals surface area contributed by atoms with E-state index >= 15 is 0 Å². The quantitative estimate of drug-likeness (QED) is 0.672. The lowest BCUT2D eigenvalue weighted by Crippen LogP contribution is -2.36. The van der Waals surface area contributed by atoms with Crippen LogP contribution < -0.4 is 4.72 Å². The van der Waals surface area contributed by atoms with Crippen molar-refractivity contribution in [2.45, 2.75) is 24.3 Å². The summed E-state index contributed by atoms with van der Waals surface area (Å²) in [4.78, 5) is 18.7. The summed E-state index contributed by atoms with van der Waals surface area (Å²) in [6.07, 6.45) is 5.87. The molecule has 0 unspecified atom stereocenters. The maximum absolute atomic E-state index is 13.0. The number of nitrogens with zero attached hydrogens (tertiary/aromatic N) is 3. The number of likely N-dealkylation sites (tertiary alicyclic amines) is 1. The summed E-state index contributed by atoms with van der Waals surface area (Å²) in [6, 6.07) is 6.29. The van der Waals surface area contributed by atoms with Crippen LogP contribution in [0.2, 0.25) is 5.02 Å². The zero-order valence-corrected chi connectivity index (χ0v) is 17.1. The number of aromatic nitrogens is 2. The molecule has 0 aliphatic carbocycles. The van der Waals surface area contributed by atoms with Crippen LogP contribution in [0.3, 0.4) is 0 Å². The van der Waals surface area contributed by atoms with Gasteiger partial charge in [0.1, 0.15) is 0 Å². The van der Waals surface area contributed by atoms with Gasteiger partial charge in [0.25, 0.3) is 15.9 Å². The Kier molecular flexibility index (Phi) is 5.22. The molecule has 3 heterocycles. The molecule has 3 aromatic rings. The van der Waals surface area contributed by atoms with Gasteiger partial charge in [-0.2, -0.15) is 12.8 Å². The predicted octanol–water partition coefficient (Wildman–Crippen LogP) is 3.77. The number of anilines is 1. The Morgan fingerprint density at radius 2 is 1.96 bits per heavy atom. The van der Waals surface area contributed by atoms with Crippen LogP contribution in [-0.4, -0.2) is 41.7 Å². The third-order valence-electron chi connectivity index (χ3n) is 4.60. The number of carbonyl (C=O) groups is 1. The van der Waals surface area contributed by atoms with Crippen LogP contribution in [-0.2, 0) is 10.0 Å². The molecule has 1 aromatic carbocycles. The first-order valence-corrected chi connectivity index (χ1v) is 11.4. The second-order valence-corrected chi connectivity index (χ2v) is 9.37. The molecule has 10 heteroatoms. The maximum atomic E-state index is 13.0. The molecule has 0 radical (unpaired) electrons. The Labute approximate surface area is 171 Å². The monoisotopic (exact) mass is 436 g/mol. The molecule has 1 aliphatic rings. The van der Waals surface area contributed by atoms with E-state index in [2.05, 4.69) is 14.1 Å². The number of piperidine rings is 1. The minimum atomic E-state index is -4.04. The first-order valence-electron chi connectivity index (χ1n) is 8.77. The summed E-state index contributed by atoms with van der Waals surface area (Å²) in [5.74, 6) is -0.211. The minimum absolute atomic E-state index is 0.130. The molecule has 1 saturated heterocycles. The summed E-state index contributed by atoms with van der Waals surface area (Å²) in [7, 11) is -4.04. The van der Waals surface area contributed by atoms with Crippen LogP contribution in [0.4, 0.5) is 5.69 Å². The van der Waals surface area contributed by atoms with Crippen LogP contribution in [0.5, 0.6) is 0 Å². The molecule has 28 heavy (non-hydrogen) atoms. The number of rotatable bonds is 4. The van der Waals surface area contributed by atoms with Crippen LogP contribution >= 0.6 is 23.1 Å². The van der Waals surface area contributed by atoms with E-state index in [-0.39, 0.29) is 22.2 Å². The Morgan fingerprint density at radius 3 is 2.75 bits per heavy atom. The van der Waals surface area contributed by atoms with Crippen LogP contribution in [0, 0.1) is 0 Å². The van der Waals surface area contributed by atoms with E-state index in [4.69, 9.17) is 11.6 Å². The molecule has 0 spiro atoms. The summed E-state index contributed by atoms with van der Waals surface area (Å²) in [5, 5.41) is 0.636. The molecule has 0 atom stereocenters. The van der Waals surface area contributed by atoms with E-state index < -0.39 is 10.0 Å². The largest absolute Gasteiger partial charge is 0.339 e. The highest BCUT2D eigenvalue weighted by atomic mass is 35.5. The minimum Gasteiger partial charge on any atom is -0.339 e. The van der Waals surface area contributed by atoms with E-state index in [9.17, 15) is 13.2 Å². The molecule has 146 valence electrons. The Bertz CT molecular complexity index is 1140. The fourth-order valence-electron chi connectivity index (χ4n) is 3.23. The molecule has 0 saturated carbocycles. The van der Waals surface area contributed by atoms with E-state index in [0.29, 0.717) is 28.2 Å². The highest BCUT2D eigenvalue weighted by Gasteiger charge is 2.25. The number of amides is 1. The van der Waals surface area contributed by atoms with Gasteiger partial charge in [-0.15, -0.1) is 0 Å². The Hall–Kier alpha value is -2.23. The summed E-state index contributed by atoms with van der Waals surface area (Å²) < 4.78 is 33.3. The smallest absolute Gasteiger partial charge is 0.280 e. The van der Waals surface area contributed by atoms with Gasteiger partial charge in [0, 0.05) is 24.3 Å². The lowest BCUT2D eigenvalue weighted by Gasteiger charge is -2.27. The molecule has 1 N–H and O–H groups in total. The first kappa shape index (κ1) is 19.1. The molecule has 0 bridgehead atoms. The molecule has 4 rings (SSSR count).